The van der Waals surface area contributed by atoms with Gasteiger partial charge < -0.3 is 26.0 Å². The predicted molar refractivity (Wildman–Crippen MR) is 132 cm³/mol. The summed E-state index contributed by atoms with van der Waals surface area (Å²) in [4.78, 5) is 16.3. The molecule has 0 spiro atoms. The summed E-state index contributed by atoms with van der Waals surface area (Å²) in [6, 6.07) is 22.2. The van der Waals surface area contributed by atoms with E-state index in [-0.39, 0.29) is 29.7 Å². The maximum Gasteiger partial charge on any atom is 0.252 e. The van der Waals surface area contributed by atoms with Crippen molar-refractivity contribution in [1.82, 2.24) is 15.6 Å². The highest BCUT2D eigenvalue weighted by Crippen LogP contribution is 2.46. The molecule has 3 heterocycles. The van der Waals surface area contributed by atoms with E-state index in [9.17, 15) is 9.90 Å². The molecule has 0 radical (unpaired) electrons. The summed E-state index contributed by atoms with van der Waals surface area (Å²) in [5.41, 5.74) is 7.84. The van der Waals surface area contributed by atoms with Gasteiger partial charge in [0.15, 0.2) is 0 Å². The molecule has 1 aliphatic carbocycles. The third-order valence-electron chi connectivity index (χ3n) is 7.78. The van der Waals surface area contributed by atoms with Gasteiger partial charge in [-0.2, -0.15) is 0 Å². The molecule has 6 heteroatoms. The Morgan fingerprint density at radius 1 is 0.941 bits per heavy atom. The number of carbonyl (C=O) groups excluding carboxylic acids is 1. The van der Waals surface area contributed by atoms with Crippen LogP contribution in [0.4, 0.5) is 5.69 Å². The van der Waals surface area contributed by atoms with E-state index in [1.54, 1.807) is 18.2 Å². The Hall–Kier alpha value is -3.77. The van der Waals surface area contributed by atoms with Crippen molar-refractivity contribution in [3.05, 3.63) is 94.7 Å². The highest BCUT2D eigenvalue weighted by molar-refractivity contribution is 5.99. The molecule has 4 atom stereocenters. The zero-order chi connectivity index (χ0) is 22.8. The second-order valence-electron chi connectivity index (χ2n) is 9.73. The summed E-state index contributed by atoms with van der Waals surface area (Å²) in [5.74, 6) is 0.182. The van der Waals surface area contributed by atoms with Crippen molar-refractivity contribution in [2.24, 2.45) is 0 Å². The van der Waals surface area contributed by atoms with Gasteiger partial charge in [-0.25, -0.2) is 0 Å². The number of benzene rings is 3. The summed E-state index contributed by atoms with van der Waals surface area (Å²) in [7, 11) is 0. The molecule has 4 aromatic rings. The number of rotatable bonds is 4. The number of aromatic amines is 1. The third-order valence-corrected chi connectivity index (χ3v) is 7.78. The highest BCUT2D eigenvalue weighted by Gasteiger charge is 2.43. The smallest absolute Gasteiger partial charge is 0.252 e. The molecule has 1 aromatic heterocycles. The van der Waals surface area contributed by atoms with Crippen molar-refractivity contribution in [2.45, 2.75) is 36.9 Å². The Morgan fingerprint density at radius 3 is 2.74 bits per heavy atom. The van der Waals surface area contributed by atoms with E-state index in [0.29, 0.717) is 11.6 Å². The van der Waals surface area contributed by atoms with Crippen molar-refractivity contribution in [1.29, 1.82) is 0 Å². The maximum atomic E-state index is 12.7. The van der Waals surface area contributed by atoms with Gasteiger partial charge in [0.1, 0.15) is 5.75 Å². The summed E-state index contributed by atoms with van der Waals surface area (Å²) >= 11 is 0. The van der Waals surface area contributed by atoms with Gasteiger partial charge in [-0.05, 0) is 53.4 Å². The van der Waals surface area contributed by atoms with E-state index < -0.39 is 0 Å². The second kappa shape index (κ2) is 7.37. The van der Waals surface area contributed by atoms with E-state index in [0.717, 1.165) is 30.6 Å². The predicted octanol–water partition coefficient (Wildman–Crippen LogP) is 3.99. The summed E-state index contributed by atoms with van der Waals surface area (Å²) in [6.07, 6.45) is 2.01. The molecule has 5 N–H and O–H groups in total. The van der Waals surface area contributed by atoms with Gasteiger partial charge in [-0.15, -0.1) is 0 Å². The van der Waals surface area contributed by atoms with Gasteiger partial charge in [0.2, 0.25) is 0 Å². The number of H-pyrrole nitrogens is 1. The van der Waals surface area contributed by atoms with Crippen LogP contribution < -0.4 is 16.0 Å². The van der Waals surface area contributed by atoms with Gasteiger partial charge in [-0.1, -0.05) is 36.4 Å². The van der Waals surface area contributed by atoms with E-state index in [1.807, 2.05) is 6.07 Å². The topological polar surface area (TPSA) is 89.2 Å². The lowest BCUT2D eigenvalue weighted by molar-refractivity contribution is 0.0951. The van der Waals surface area contributed by atoms with Gasteiger partial charge >= 0.3 is 0 Å². The average Bonchev–Trinajstić information content (AvgIpc) is 3.57. The number of nitrogens with one attached hydrogen (secondary N) is 4. The van der Waals surface area contributed by atoms with E-state index >= 15 is 0 Å². The van der Waals surface area contributed by atoms with Crippen LogP contribution in [0.25, 0.3) is 10.9 Å². The number of aromatic hydroxyl groups is 1. The van der Waals surface area contributed by atoms with E-state index in [2.05, 4.69) is 63.4 Å². The lowest BCUT2D eigenvalue weighted by Gasteiger charge is -2.28. The molecule has 170 valence electrons. The quantitative estimate of drug-likeness (QED) is 0.325. The summed E-state index contributed by atoms with van der Waals surface area (Å²) < 4.78 is 0. The van der Waals surface area contributed by atoms with Crippen LogP contribution in [0, 0.1) is 0 Å². The van der Waals surface area contributed by atoms with E-state index in [1.165, 1.54) is 27.7 Å². The summed E-state index contributed by atoms with van der Waals surface area (Å²) in [6.45, 7) is 0.784. The number of para-hydroxylation sites is 2. The van der Waals surface area contributed by atoms with Gasteiger partial charge in [0.25, 0.3) is 5.91 Å². The van der Waals surface area contributed by atoms with E-state index in [4.69, 9.17) is 0 Å². The lowest BCUT2D eigenvalue weighted by Crippen LogP contribution is -2.42. The molecular formula is C28H26N4O2. The minimum Gasteiger partial charge on any atom is -0.508 e. The minimum atomic E-state index is -0.183. The van der Waals surface area contributed by atoms with Crippen LogP contribution in [-0.4, -0.2) is 34.6 Å². The Labute approximate surface area is 197 Å². The van der Waals surface area contributed by atoms with Crippen molar-refractivity contribution in [3.8, 4) is 5.75 Å². The van der Waals surface area contributed by atoms with Crippen LogP contribution in [0.1, 0.15) is 44.7 Å². The van der Waals surface area contributed by atoms with Crippen molar-refractivity contribution < 1.29 is 9.90 Å². The molecule has 3 aliphatic rings. The molecule has 34 heavy (non-hydrogen) atoms. The second-order valence-corrected chi connectivity index (χ2v) is 9.73. The number of phenols is 1. The SMILES string of the molecule is O=C1NC(C2c3ccccc3NC2CNC2Cc3[nH]c4ccccc4c3C2)c2cc(O)ccc21. The average molecular weight is 451 g/mol. The zero-order valence-electron chi connectivity index (χ0n) is 18.6. The standard InChI is InChI=1S/C28H26N4O2/c33-16-9-10-18-21(13-16)27(32-28(18)34)26-19-6-2-4-8-23(19)31-25(26)14-29-15-11-20-17-5-1-3-7-22(17)30-24(20)12-15/h1-10,13,15,25-27,29-31,33H,11-12,14H2,(H,32,34). The van der Waals surface area contributed by atoms with Crippen molar-refractivity contribution >= 4 is 22.5 Å². The van der Waals surface area contributed by atoms with Crippen molar-refractivity contribution in [2.75, 3.05) is 11.9 Å². The Kier molecular flexibility index (Phi) is 4.26. The minimum absolute atomic E-state index is 0.0655. The Bertz CT molecular complexity index is 1440. The fraction of sp³-hybridized carbons (Fsp3) is 0.250. The number of phenolic OH excluding ortho intramolecular Hbond substituents is 1. The Morgan fingerprint density at radius 2 is 1.79 bits per heavy atom. The van der Waals surface area contributed by atoms with Gasteiger partial charge in [-0.3, -0.25) is 4.79 Å². The molecule has 0 saturated carbocycles. The number of carbonyl (C=O) groups is 1. The maximum absolute atomic E-state index is 12.7. The first-order valence-corrected chi connectivity index (χ1v) is 12.0. The van der Waals surface area contributed by atoms with Gasteiger partial charge in [0.05, 0.1) is 6.04 Å². The number of hydrogen-bond donors (Lipinski definition) is 5. The molecular weight excluding hydrogens is 424 g/mol. The largest absolute Gasteiger partial charge is 0.508 e. The number of anilines is 1. The number of amides is 1. The van der Waals surface area contributed by atoms with Crippen LogP contribution >= 0.6 is 0 Å². The molecule has 3 aromatic carbocycles. The fourth-order valence-corrected chi connectivity index (χ4v) is 6.28. The lowest BCUT2D eigenvalue weighted by atomic mass is 9.84. The third kappa shape index (κ3) is 2.95. The van der Waals surface area contributed by atoms with Gasteiger partial charge in [0, 0.05) is 58.8 Å². The van der Waals surface area contributed by atoms with Crippen molar-refractivity contribution in [3.63, 3.8) is 0 Å². The molecule has 0 fully saturated rings. The first-order chi connectivity index (χ1) is 16.7. The normalized spacial score (nSPS) is 24.5. The fourth-order valence-electron chi connectivity index (χ4n) is 6.28. The number of aromatic nitrogens is 1. The number of fused-ring (bicyclic) bond motifs is 5. The molecule has 1 amide bonds. The molecule has 4 unspecified atom stereocenters. The van der Waals surface area contributed by atoms with Crippen LogP contribution in [0.2, 0.25) is 0 Å². The summed E-state index contributed by atoms with van der Waals surface area (Å²) in [5, 5.41) is 22.2. The van der Waals surface area contributed by atoms with Crippen LogP contribution in [-0.2, 0) is 12.8 Å². The highest BCUT2D eigenvalue weighted by atomic mass is 16.3. The monoisotopic (exact) mass is 450 g/mol. The van der Waals surface area contributed by atoms with Crippen LogP contribution in [0.15, 0.2) is 66.7 Å². The Balaban J connectivity index is 1.15. The first kappa shape index (κ1) is 19.7. The molecule has 0 saturated heterocycles. The number of hydrogen-bond acceptors (Lipinski definition) is 4. The molecule has 0 bridgehead atoms. The van der Waals surface area contributed by atoms with Crippen LogP contribution in [0.5, 0.6) is 5.75 Å². The molecule has 2 aliphatic heterocycles. The first-order valence-electron chi connectivity index (χ1n) is 12.0. The molecule has 6 nitrogen and oxygen atoms in total. The molecule has 7 rings (SSSR count). The van der Waals surface area contributed by atoms with Crippen LogP contribution in [0.3, 0.4) is 0 Å². The zero-order valence-corrected chi connectivity index (χ0v) is 18.6.